The number of hydrogen-bond acceptors (Lipinski definition) is 4. The van der Waals surface area contributed by atoms with Crippen molar-refractivity contribution in [2.45, 2.75) is 0 Å². The maximum atomic E-state index is 8.35. The zero-order valence-corrected chi connectivity index (χ0v) is 10.1. The summed E-state index contributed by atoms with van der Waals surface area (Å²) in [5.41, 5.74) is 3.55. The summed E-state index contributed by atoms with van der Waals surface area (Å²) in [6.45, 7) is 0.0471. The van der Waals surface area contributed by atoms with Gasteiger partial charge in [0, 0.05) is 7.05 Å². The Balaban J connectivity index is 2.50. The van der Waals surface area contributed by atoms with E-state index in [-0.39, 0.29) is 6.61 Å². The number of hydrogen-bond donors (Lipinski definition) is 2. The number of hydrazone groups is 1. The highest BCUT2D eigenvalue weighted by Crippen LogP contribution is 2.10. The summed E-state index contributed by atoms with van der Waals surface area (Å²) in [5, 5.41) is 15.5. The summed E-state index contributed by atoms with van der Waals surface area (Å²) >= 11 is 4.85. The van der Waals surface area contributed by atoms with Crippen molar-refractivity contribution in [3.63, 3.8) is 0 Å². The Morgan fingerprint density at radius 2 is 2.24 bits per heavy atom. The van der Waals surface area contributed by atoms with Gasteiger partial charge in [-0.05, 0) is 42.0 Å². The molecule has 0 aliphatic rings. The first-order valence-electron chi connectivity index (χ1n) is 4.87. The van der Waals surface area contributed by atoms with Crippen LogP contribution >= 0.6 is 12.2 Å². The molecule has 0 unspecified atom stereocenters. The number of benzene rings is 1. The summed E-state index contributed by atoms with van der Waals surface area (Å²) < 4.78 is 5.12. The lowest BCUT2D eigenvalue weighted by Gasteiger charge is -2.01. The highest BCUT2D eigenvalue weighted by molar-refractivity contribution is 7.80. The minimum atomic E-state index is 0.0471. The molecular weight excluding hydrogens is 236 g/mol. The van der Waals surface area contributed by atoms with Gasteiger partial charge in [0.05, 0.1) is 6.21 Å². The van der Waals surface area contributed by atoms with Gasteiger partial charge in [-0.1, -0.05) is 0 Å². The molecule has 0 amide bonds. The Morgan fingerprint density at radius 1 is 1.53 bits per heavy atom. The van der Waals surface area contributed by atoms with Crippen molar-refractivity contribution in [2.75, 3.05) is 13.7 Å². The van der Waals surface area contributed by atoms with E-state index in [0.717, 1.165) is 5.56 Å². The number of thiocarbonyl (C=S) groups is 1. The Kier molecular flexibility index (Phi) is 5.47. The lowest BCUT2D eigenvalue weighted by Crippen LogP contribution is -2.28. The van der Waals surface area contributed by atoms with Gasteiger partial charge >= 0.3 is 0 Å². The normalized spacial score (nSPS) is 9.65. The quantitative estimate of drug-likeness (QED) is 0.473. The Morgan fingerprint density at radius 3 is 2.82 bits per heavy atom. The minimum absolute atomic E-state index is 0.0471. The van der Waals surface area contributed by atoms with E-state index in [1.165, 1.54) is 0 Å². The molecular formula is C11H12N4OS. The molecule has 0 saturated heterocycles. The number of ether oxygens (including phenoxy) is 1. The first-order valence-corrected chi connectivity index (χ1v) is 5.27. The van der Waals surface area contributed by atoms with Gasteiger partial charge in [0.15, 0.2) is 11.7 Å². The molecule has 0 atom stereocenters. The van der Waals surface area contributed by atoms with Crippen LogP contribution in [0.1, 0.15) is 5.56 Å². The first-order chi connectivity index (χ1) is 8.26. The van der Waals surface area contributed by atoms with Crippen molar-refractivity contribution in [2.24, 2.45) is 5.10 Å². The maximum absolute atomic E-state index is 8.35. The molecule has 0 aromatic heterocycles. The van der Waals surface area contributed by atoms with Gasteiger partial charge in [-0.15, -0.1) is 0 Å². The summed E-state index contributed by atoms with van der Waals surface area (Å²) in [7, 11) is 1.71. The fourth-order valence-electron chi connectivity index (χ4n) is 0.987. The summed E-state index contributed by atoms with van der Waals surface area (Å²) in [5.74, 6) is 0.655. The average molecular weight is 248 g/mol. The smallest absolute Gasteiger partial charge is 0.186 e. The van der Waals surface area contributed by atoms with Crippen LogP contribution in [0, 0.1) is 11.3 Å². The topological polar surface area (TPSA) is 69.4 Å². The van der Waals surface area contributed by atoms with E-state index in [1.54, 1.807) is 25.4 Å². The largest absolute Gasteiger partial charge is 0.479 e. The monoisotopic (exact) mass is 248 g/mol. The third-order valence-electron chi connectivity index (χ3n) is 1.79. The van der Waals surface area contributed by atoms with Crippen molar-refractivity contribution in [1.82, 2.24) is 10.7 Å². The maximum Gasteiger partial charge on any atom is 0.186 e. The number of nitriles is 1. The van der Waals surface area contributed by atoms with Crippen molar-refractivity contribution in [1.29, 1.82) is 5.26 Å². The SMILES string of the molecule is CNC(=S)N/N=C\c1ccc(OCC#N)cc1. The van der Waals surface area contributed by atoms with Crippen LogP contribution in [0.25, 0.3) is 0 Å². The zero-order valence-electron chi connectivity index (χ0n) is 9.30. The molecule has 0 fully saturated rings. The van der Waals surface area contributed by atoms with Gasteiger partial charge in [0.25, 0.3) is 0 Å². The standard InChI is InChI=1S/C11H12N4OS/c1-13-11(17)15-14-8-9-2-4-10(5-3-9)16-7-6-12/h2-5,8H,7H2,1H3,(H2,13,15,17)/b14-8-. The molecule has 1 aromatic carbocycles. The van der Waals surface area contributed by atoms with Crippen molar-refractivity contribution < 1.29 is 4.74 Å². The van der Waals surface area contributed by atoms with Crippen LogP contribution in [0.3, 0.4) is 0 Å². The lowest BCUT2D eigenvalue weighted by molar-refractivity contribution is 0.368. The number of nitrogens with zero attached hydrogens (tertiary/aromatic N) is 2. The Labute approximate surface area is 105 Å². The van der Waals surface area contributed by atoms with E-state index in [2.05, 4.69) is 15.8 Å². The predicted molar refractivity (Wildman–Crippen MR) is 69.9 cm³/mol. The Bertz CT molecular complexity index is 436. The molecule has 6 heteroatoms. The predicted octanol–water partition coefficient (Wildman–Crippen LogP) is 1.02. The molecule has 1 aromatic rings. The molecule has 0 bridgehead atoms. The van der Waals surface area contributed by atoms with Gasteiger partial charge in [0.1, 0.15) is 11.8 Å². The van der Waals surface area contributed by atoms with Crippen LogP contribution in [-0.4, -0.2) is 25.0 Å². The van der Waals surface area contributed by atoms with Crippen LogP contribution in [0.4, 0.5) is 0 Å². The molecule has 1 rings (SSSR count). The lowest BCUT2D eigenvalue weighted by atomic mass is 10.2. The molecule has 88 valence electrons. The van der Waals surface area contributed by atoms with Crippen LogP contribution in [-0.2, 0) is 0 Å². The van der Waals surface area contributed by atoms with Crippen LogP contribution in [0.15, 0.2) is 29.4 Å². The molecule has 2 N–H and O–H groups in total. The molecule has 17 heavy (non-hydrogen) atoms. The number of rotatable bonds is 4. The third-order valence-corrected chi connectivity index (χ3v) is 2.09. The van der Waals surface area contributed by atoms with Crippen molar-refractivity contribution in [3.8, 4) is 11.8 Å². The van der Waals surface area contributed by atoms with E-state index in [4.69, 9.17) is 22.2 Å². The minimum Gasteiger partial charge on any atom is -0.479 e. The molecule has 0 spiro atoms. The van der Waals surface area contributed by atoms with Gasteiger partial charge in [-0.3, -0.25) is 5.43 Å². The Hall–Kier alpha value is -2.13. The highest BCUT2D eigenvalue weighted by atomic mass is 32.1. The van der Waals surface area contributed by atoms with Crippen LogP contribution in [0.5, 0.6) is 5.75 Å². The second-order valence-electron chi connectivity index (χ2n) is 2.96. The van der Waals surface area contributed by atoms with Gasteiger partial charge in [0.2, 0.25) is 0 Å². The first kappa shape index (κ1) is 12.9. The summed E-state index contributed by atoms with van der Waals surface area (Å²) in [6, 6.07) is 9.12. The zero-order chi connectivity index (χ0) is 12.5. The average Bonchev–Trinajstić information content (AvgIpc) is 2.37. The second kappa shape index (κ2) is 7.19. The summed E-state index contributed by atoms with van der Waals surface area (Å²) in [4.78, 5) is 0. The fourth-order valence-corrected chi connectivity index (χ4v) is 1.04. The second-order valence-corrected chi connectivity index (χ2v) is 3.37. The van der Waals surface area contributed by atoms with E-state index in [1.807, 2.05) is 18.2 Å². The van der Waals surface area contributed by atoms with E-state index < -0.39 is 0 Å². The van der Waals surface area contributed by atoms with Gasteiger partial charge in [-0.25, -0.2) is 0 Å². The molecule has 0 saturated carbocycles. The van der Waals surface area contributed by atoms with Crippen molar-refractivity contribution >= 4 is 23.5 Å². The van der Waals surface area contributed by atoms with Crippen LogP contribution in [0.2, 0.25) is 0 Å². The molecule has 0 aliphatic carbocycles. The van der Waals surface area contributed by atoms with Crippen LogP contribution < -0.4 is 15.5 Å². The van der Waals surface area contributed by atoms with E-state index >= 15 is 0 Å². The molecule has 5 nitrogen and oxygen atoms in total. The third kappa shape index (κ3) is 4.95. The van der Waals surface area contributed by atoms with Gasteiger partial charge < -0.3 is 10.1 Å². The highest BCUT2D eigenvalue weighted by Gasteiger charge is 1.93. The fraction of sp³-hybridized carbons (Fsp3) is 0.182. The molecule has 0 radical (unpaired) electrons. The van der Waals surface area contributed by atoms with Crippen molar-refractivity contribution in [3.05, 3.63) is 29.8 Å². The van der Waals surface area contributed by atoms with E-state index in [9.17, 15) is 0 Å². The molecule has 0 heterocycles. The molecule has 0 aliphatic heterocycles. The number of nitrogens with one attached hydrogen (secondary N) is 2. The summed E-state index contributed by atoms with van der Waals surface area (Å²) in [6.07, 6.45) is 1.64. The van der Waals surface area contributed by atoms with Gasteiger partial charge in [-0.2, -0.15) is 10.4 Å². The van der Waals surface area contributed by atoms with E-state index in [0.29, 0.717) is 10.9 Å².